The largest absolute Gasteiger partial charge is 0.417 e. The molecule has 0 atom stereocenters. The average molecular weight is 314 g/mol. The van der Waals surface area contributed by atoms with Gasteiger partial charge in [0.2, 0.25) is 5.96 Å². The summed E-state index contributed by atoms with van der Waals surface area (Å²) in [5, 5.41) is -0.805. The molecule has 0 saturated carbocycles. The Morgan fingerprint density at radius 1 is 1.11 bits per heavy atom. The predicted molar refractivity (Wildman–Crippen MR) is 68.6 cm³/mol. The summed E-state index contributed by atoms with van der Waals surface area (Å²) in [6.07, 6.45) is -4.64. The molecule has 0 heterocycles. The normalized spacial score (nSPS) is 12.4. The summed E-state index contributed by atoms with van der Waals surface area (Å²) >= 11 is 11.3. The molecule has 0 aromatic heterocycles. The number of aliphatic imine (C=N–C) groups is 2. The fourth-order valence-corrected chi connectivity index (χ4v) is 1.70. The van der Waals surface area contributed by atoms with Gasteiger partial charge in [0.05, 0.1) is 15.6 Å². The van der Waals surface area contributed by atoms with Crippen molar-refractivity contribution in [3.63, 3.8) is 0 Å². The minimum absolute atomic E-state index is 0.119. The zero-order chi connectivity index (χ0) is 14.8. The van der Waals surface area contributed by atoms with Gasteiger partial charge in [-0.3, -0.25) is 0 Å². The summed E-state index contributed by atoms with van der Waals surface area (Å²) < 4.78 is 37.9. The number of hydrogen-bond acceptors (Lipinski definition) is 1. The Hall–Kier alpha value is -1.67. The van der Waals surface area contributed by atoms with Gasteiger partial charge in [0.1, 0.15) is 5.69 Å². The maximum atomic E-state index is 12.6. The lowest BCUT2D eigenvalue weighted by molar-refractivity contribution is -0.137. The van der Waals surface area contributed by atoms with Gasteiger partial charge in [0.15, 0.2) is 5.96 Å². The highest BCUT2D eigenvalue weighted by Gasteiger charge is 2.34. The van der Waals surface area contributed by atoms with Crippen LogP contribution in [0.15, 0.2) is 22.1 Å². The highest BCUT2D eigenvalue weighted by Crippen LogP contribution is 2.42. The highest BCUT2D eigenvalue weighted by atomic mass is 35.5. The molecule has 0 spiro atoms. The predicted octanol–water partition coefficient (Wildman–Crippen LogP) is 2.23. The van der Waals surface area contributed by atoms with Crippen molar-refractivity contribution >= 4 is 40.8 Å². The third kappa shape index (κ3) is 3.90. The standard InChI is InChI=1S/C9H8Cl2F3N5/c10-4-2-1-3(9(12,13)14)5(11)6(4)18-8(17)19-7(15)16/h1-2H,(H6,15,16,17,18,19). The molecular weight excluding hydrogens is 306 g/mol. The molecule has 0 aliphatic heterocycles. The van der Waals surface area contributed by atoms with Crippen molar-refractivity contribution in [2.45, 2.75) is 6.18 Å². The summed E-state index contributed by atoms with van der Waals surface area (Å²) in [5.74, 6) is -0.872. The number of guanidine groups is 2. The number of nitrogens with two attached hydrogens (primary N) is 3. The maximum absolute atomic E-state index is 12.6. The van der Waals surface area contributed by atoms with E-state index in [1.54, 1.807) is 0 Å². The van der Waals surface area contributed by atoms with Crippen LogP contribution in [0.2, 0.25) is 10.0 Å². The second kappa shape index (κ2) is 5.54. The smallest absolute Gasteiger partial charge is 0.370 e. The molecule has 0 unspecified atom stereocenters. The van der Waals surface area contributed by atoms with Crippen LogP contribution in [0, 0.1) is 0 Å². The molecule has 0 radical (unpaired) electrons. The van der Waals surface area contributed by atoms with E-state index < -0.39 is 28.7 Å². The molecule has 0 aliphatic carbocycles. The average Bonchev–Trinajstić information content (AvgIpc) is 2.21. The van der Waals surface area contributed by atoms with Gasteiger partial charge in [-0.15, -0.1) is 0 Å². The SMILES string of the molecule is NC(N)=NC(N)=Nc1c(Cl)ccc(C(F)(F)F)c1Cl. The van der Waals surface area contributed by atoms with Crippen molar-refractivity contribution in [2.75, 3.05) is 0 Å². The third-order valence-corrected chi connectivity index (χ3v) is 2.53. The molecule has 19 heavy (non-hydrogen) atoms. The zero-order valence-electron chi connectivity index (χ0n) is 9.17. The minimum atomic E-state index is -4.64. The number of alkyl halides is 3. The zero-order valence-corrected chi connectivity index (χ0v) is 10.7. The molecule has 1 rings (SSSR count). The summed E-state index contributed by atoms with van der Waals surface area (Å²) in [4.78, 5) is 6.90. The number of halogens is 5. The first-order valence-corrected chi connectivity index (χ1v) is 5.37. The fraction of sp³-hybridized carbons (Fsp3) is 0.111. The Morgan fingerprint density at radius 2 is 1.68 bits per heavy atom. The second-order valence-corrected chi connectivity index (χ2v) is 4.05. The summed E-state index contributed by atoms with van der Waals surface area (Å²) in [6.45, 7) is 0. The van der Waals surface area contributed by atoms with Gasteiger partial charge in [-0.05, 0) is 12.1 Å². The van der Waals surface area contributed by atoms with Gasteiger partial charge >= 0.3 is 6.18 Å². The van der Waals surface area contributed by atoms with E-state index in [-0.39, 0.29) is 10.7 Å². The Balaban J connectivity index is 3.40. The van der Waals surface area contributed by atoms with E-state index in [9.17, 15) is 13.2 Å². The molecule has 0 saturated heterocycles. The molecule has 0 aliphatic rings. The van der Waals surface area contributed by atoms with E-state index in [0.717, 1.165) is 12.1 Å². The molecule has 5 nitrogen and oxygen atoms in total. The van der Waals surface area contributed by atoms with E-state index in [4.69, 9.17) is 40.4 Å². The molecular formula is C9H8Cl2F3N5. The molecule has 10 heteroatoms. The van der Waals surface area contributed by atoms with Crippen LogP contribution < -0.4 is 17.2 Å². The van der Waals surface area contributed by atoms with E-state index in [2.05, 4.69) is 9.98 Å². The third-order valence-electron chi connectivity index (χ3n) is 1.84. The lowest BCUT2D eigenvalue weighted by Crippen LogP contribution is -2.26. The Kier molecular flexibility index (Phi) is 4.48. The Labute approximate surface area is 115 Å². The van der Waals surface area contributed by atoms with E-state index in [1.807, 2.05) is 0 Å². The minimum Gasteiger partial charge on any atom is -0.370 e. The van der Waals surface area contributed by atoms with Crippen molar-refractivity contribution in [1.82, 2.24) is 0 Å². The van der Waals surface area contributed by atoms with Crippen LogP contribution >= 0.6 is 23.2 Å². The van der Waals surface area contributed by atoms with Crippen LogP contribution in [0.4, 0.5) is 18.9 Å². The molecule has 104 valence electrons. The maximum Gasteiger partial charge on any atom is 0.417 e. The molecule has 0 fully saturated rings. The summed E-state index contributed by atoms with van der Waals surface area (Å²) in [6, 6.07) is 1.73. The molecule has 0 bridgehead atoms. The van der Waals surface area contributed by atoms with Gasteiger partial charge in [-0.1, -0.05) is 23.2 Å². The van der Waals surface area contributed by atoms with Crippen LogP contribution in [-0.4, -0.2) is 11.9 Å². The van der Waals surface area contributed by atoms with E-state index in [1.165, 1.54) is 0 Å². The fourth-order valence-electron chi connectivity index (χ4n) is 1.13. The van der Waals surface area contributed by atoms with Gasteiger partial charge < -0.3 is 17.2 Å². The molecule has 6 N–H and O–H groups in total. The van der Waals surface area contributed by atoms with Crippen molar-refractivity contribution in [3.8, 4) is 0 Å². The first kappa shape index (κ1) is 15.4. The van der Waals surface area contributed by atoms with Gasteiger partial charge in [0.25, 0.3) is 0 Å². The first-order chi connectivity index (χ1) is 8.62. The first-order valence-electron chi connectivity index (χ1n) is 4.62. The second-order valence-electron chi connectivity index (χ2n) is 3.26. The summed E-state index contributed by atoms with van der Waals surface area (Å²) in [5.41, 5.74) is 13.9. The monoisotopic (exact) mass is 313 g/mol. The van der Waals surface area contributed by atoms with Crippen LogP contribution in [0.5, 0.6) is 0 Å². The van der Waals surface area contributed by atoms with Crippen molar-refractivity contribution in [2.24, 2.45) is 27.2 Å². The summed E-state index contributed by atoms with van der Waals surface area (Å²) in [7, 11) is 0. The number of nitrogens with zero attached hydrogens (tertiary/aromatic N) is 2. The molecule has 1 aromatic rings. The number of hydrogen-bond donors (Lipinski definition) is 3. The topological polar surface area (TPSA) is 103 Å². The van der Waals surface area contributed by atoms with Crippen LogP contribution in [-0.2, 0) is 6.18 Å². The van der Waals surface area contributed by atoms with E-state index in [0.29, 0.717) is 0 Å². The number of rotatable bonds is 1. The Morgan fingerprint density at radius 3 is 2.16 bits per heavy atom. The van der Waals surface area contributed by atoms with E-state index >= 15 is 0 Å². The quantitative estimate of drug-likeness (QED) is 0.547. The lowest BCUT2D eigenvalue weighted by Gasteiger charge is -2.11. The molecule has 0 amide bonds. The highest BCUT2D eigenvalue weighted by molar-refractivity contribution is 6.39. The van der Waals surface area contributed by atoms with Crippen LogP contribution in [0.3, 0.4) is 0 Å². The van der Waals surface area contributed by atoms with Crippen LogP contribution in [0.25, 0.3) is 0 Å². The van der Waals surface area contributed by atoms with Crippen molar-refractivity contribution < 1.29 is 13.2 Å². The lowest BCUT2D eigenvalue weighted by atomic mass is 10.2. The number of benzene rings is 1. The van der Waals surface area contributed by atoms with Gasteiger partial charge in [-0.2, -0.15) is 18.2 Å². The molecule has 1 aromatic carbocycles. The van der Waals surface area contributed by atoms with Crippen LogP contribution in [0.1, 0.15) is 5.56 Å². The van der Waals surface area contributed by atoms with Crippen molar-refractivity contribution in [1.29, 1.82) is 0 Å². The van der Waals surface area contributed by atoms with Gasteiger partial charge in [-0.25, -0.2) is 4.99 Å². The van der Waals surface area contributed by atoms with Crippen molar-refractivity contribution in [3.05, 3.63) is 27.7 Å². The Bertz CT molecular complexity index is 550. The van der Waals surface area contributed by atoms with Gasteiger partial charge in [0, 0.05) is 0 Å².